The van der Waals surface area contributed by atoms with Gasteiger partial charge in [0.25, 0.3) is 0 Å². The van der Waals surface area contributed by atoms with Crippen LogP contribution in [-0.4, -0.2) is 81.2 Å². The molecule has 1 aromatic carbocycles. The second-order valence-corrected chi connectivity index (χ2v) is 11.9. The molecule has 2 N–H and O–H groups in total. The number of aryl methyl sites for hydroxylation is 1. The minimum Gasteiger partial charge on any atom is -0.340 e. The first-order valence-electron chi connectivity index (χ1n) is 14.6. The fraction of sp³-hybridized carbons (Fsp3) is 0.533. The van der Waals surface area contributed by atoms with Crippen LogP contribution in [0, 0.1) is 18.8 Å². The van der Waals surface area contributed by atoms with Gasteiger partial charge in [-0.1, -0.05) is 6.07 Å². The van der Waals surface area contributed by atoms with Gasteiger partial charge in [0.2, 0.25) is 11.9 Å². The largest absolute Gasteiger partial charge is 0.340 e. The number of fused-ring (bicyclic) bond motifs is 1. The number of nitrogens with one attached hydrogen (secondary N) is 2. The molecule has 39 heavy (non-hydrogen) atoms. The van der Waals surface area contributed by atoms with Crippen molar-refractivity contribution in [2.45, 2.75) is 51.5 Å². The van der Waals surface area contributed by atoms with E-state index in [-0.39, 0.29) is 6.04 Å². The van der Waals surface area contributed by atoms with E-state index < -0.39 is 0 Å². The monoisotopic (exact) mass is 526 g/mol. The van der Waals surface area contributed by atoms with Crippen LogP contribution in [0.5, 0.6) is 0 Å². The summed E-state index contributed by atoms with van der Waals surface area (Å²) >= 11 is 0. The summed E-state index contributed by atoms with van der Waals surface area (Å²) in [5.41, 5.74) is 5.67. The fourth-order valence-corrected chi connectivity index (χ4v) is 6.02. The third-order valence-electron chi connectivity index (χ3n) is 8.82. The molecule has 2 unspecified atom stereocenters. The molecule has 0 radical (unpaired) electrons. The molecule has 7 rings (SSSR count). The van der Waals surface area contributed by atoms with E-state index in [1.54, 1.807) is 0 Å². The third-order valence-corrected chi connectivity index (χ3v) is 8.82. The summed E-state index contributed by atoms with van der Waals surface area (Å²) in [5, 5.41) is 10.3. The summed E-state index contributed by atoms with van der Waals surface area (Å²) in [6, 6.07) is 8.92. The lowest BCUT2D eigenvalue weighted by Crippen LogP contribution is -2.49. The SMILES string of the molecule is Cc1cc(C2C=NN(CC3CC3)C2)cc2[nH]c(Nc3cc(C(C)N4CCN(C(=O)C5CC5)CC4)ccn3)nc12. The molecule has 9 nitrogen and oxygen atoms in total. The first kappa shape index (κ1) is 24.6. The number of hydrogen-bond acceptors (Lipinski definition) is 7. The Morgan fingerprint density at radius 2 is 1.95 bits per heavy atom. The molecule has 1 saturated heterocycles. The van der Waals surface area contributed by atoms with E-state index in [0.717, 1.165) is 80.4 Å². The summed E-state index contributed by atoms with van der Waals surface area (Å²) in [5.74, 6) is 3.30. The number of pyridine rings is 1. The zero-order valence-electron chi connectivity index (χ0n) is 22.9. The average Bonchev–Trinajstić information content (AvgIpc) is 3.87. The van der Waals surface area contributed by atoms with Gasteiger partial charge in [0.05, 0.1) is 11.0 Å². The fourth-order valence-electron chi connectivity index (χ4n) is 6.02. The number of carbonyl (C=O) groups is 1. The molecule has 4 heterocycles. The number of nitrogens with zero attached hydrogens (tertiary/aromatic N) is 6. The van der Waals surface area contributed by atoms with Crippen LogP contribution in [0.15, 0.2) is 35.6 Å². The van der Waals surface area contributed by atoms with Gasteiger partial charge in [-0.05, 0) is 80.3 Å². The van der Waals surface area contributed by atoms with Gasteiger partial charge < -0.3 is 15.2 Å². The van der Waals surface area contributed by atoms with Crippen LogP contribution < -0.4 is 5.32 Å². The Kier molecular flexibility index (Phi) is 6.26. The molecular weight excluding hydrogens is 488 g/mol. The van der Waals surface area contributed by atoms with Crippen molar-refractivity contribution in [1.29, 1.82) is 0 Å². The van der Waals surface area contributed by atoms with Crippen molar-refractivity contribution in [3.05, 3.63) is 47.2 Å². The van der Waals surface area contributed by atoms with Crippen LogP contribution in [0.1, 0.15) is 61.3 Å². The Morgan fingerprint density at radius 1 is 1.13 bits per heavy atom. The number of hydrogen-bond donors (Lipinski definition) is 2. The van der Waals surface area contributed by atoms with E-state index in [1.807, 2.05) is 6.20 Å². The molecular formula is C30H38N8O. The van der Waals surface area contributed by atoms with Crippen molar-refractivity contribution in [3.63, 3.8) is 0 Å². The van der Waals surface area contributed by atoms with Gasteiger partial charge in [0.1, 0.15) is 5.82 Å². The van der Waals surface area contributed by atoms with Crippen LogP contribution in [-0.2, 0) is 4.79 Å². The van der Waals surface area contributed by atoms with E-state index >= 15 is 0 Å². The lowest BCUT2D eigenvalue weighted by atomic mass is 9.98. The highest BCUT2D eigenvalue weighted by Gasteiger charge is 2.35. The maximum absolute atomic E-state index is 12.4. The second kappa shape index (κ2) is 9.93. The smallest absolute Gasteiger partial charge is 0.225 e. The average molecular weight is 527 g/mol. The highest BCUT2D eigenvalue weighted by Crippen LogP contribution is 2.34. The number of benzene rings is 1. The van der Waals surface area contributed by atoms with Crippen LogP contribution in [0.4, 0.5) is 11.8 Å². The Hall–Kier alpha value is -3.46. The number of piperazine rings is 1. The van der Waals surface area contributed by atoms with E-state index in [1.165, 1.54) is 24.0 Å². The predicted molar refractivity (Wildman–Crippen MR) is 153 cm³/mol. The van der Waals surface area contributed by atoms with E-state index in [9.17, 15) is 4.79 Å². The van der Waals surface area contributed by atoms with Crippen LogP contribution in [0.25, 0.3) is 11.0 Å². The minimum atomic E-state index is 0.250. The standard InChI is InChI=1S/C30H38N8O/c1-19-13-24(25-16-32-38(18-25)17-21-3-4-21)14-26-28(19)35-30(33-26)34-27-15-23(7-8-31-27)20(2)36-9-11-37(12-10-36)29(39)22-5-6-22/h7-8,13-16,20-22,25H,3-6,9-12,17-18H2,1-2H3,(H2,31,33,34,35). The van der Waals surface area contributed by atoms with Gasteiger partial charge >= 0.3 is 0 Å². The second-order valence-electron chi connectivity index (χ2n) is 11.9. The molecule has 2 aromatic heterocycles. The molecule has 204 valence electrons. The van der Waals surface area contributed by atoms with Gasteiger partial charge in [-0.15, -0.1) is 0 Å². The van der Waals surface area contributed by atoms with E-state index in [4.69, 9.17) is 4.98 Å². The van der Waals surface area contributed by atoms with E-state index in [2.05, 4.69) is 79.5 Å². The zero-order chi connectivity index (χ0) is 26.5. The van der Waals surface area contributed by atoms with Crippen LogP contribution >= 0.6 is 0 Å². The first-order valence-corrected chi connectivity index (χ1v) is 14.6. The molecule has 2 atom stereocenters. The Bertz CT molecular complexity index is 1400. The number of aromatic nitrogens is 3. The number of rotatable bonds is 8. The molecule has 2 aliphatic heterocycles. The van der Waals surface area contributed by atoms with Gasteiger partial charge in [-0.25, -0.2) is 9.97 Å². The van der Waals surface area contributed by atoms with Crippen LogP contribution in [0.2, 0.25) is 0 Å². The minimum absolute atomic E-state index is 0.250. The molecule has 0 bridgehead atoms. The Balaban J connectivity index is 1.02. The van der Waals surface area contributed by atoms with Crippen molar-refractivity contribution in [3.8, 4) is 0 Å². The number of imidazole rings is 1. The van der Waals surface area contributed by atoms with Gasteiger partial charge in [0.15, 0.2) is 0 Å². The van der Waals surface area contributed by atoms with Crippen molar-refractivity contribution in [1.82, 2.24) is 29.8 Å². The quantitative estimate of drug-likeness (QED) is 0.452. The number of H-pyrrole nitrogens is 1. The summed E-state index contributed by atoms with van der Waals surface area (Å²) in [4.78, 5) is 29.8. The Morgan fingerprint density at radius 3 is 2.72 bits per heavy atom. The molecule has 3 aromatic rings. The van der Waals surface area contributed by atoms with Crippen molar-refractivity contribution < 1.29 is 4.79 Å². The number of anilines is 2. The normalized spacial score (nSPS) is 22.6. The molecule has 0 spiro atoms. The van der Waals surface area contributed by atoms with Gasteiger partial charge in [-0.3, -0.25) is 14.7 Å². The molecule has 4 aliphatic rings. The van der Waals surface area contributed by atoms with Crippen LogP contribution in [0.3, 0.4) is 0 Å². The lowest BCUT2D eigenvalue weighted by Gasteiger charge is -2.38. The van der Waals surface area contributed by atoms with Gasteiger partial charge in [-0.2, -0.15) is 5.10 Å². The lowest BCUT2D eigenvalue weighted by molar-refractivity contribution is -0.134. The maximum atomic E-state index is 12.4. The third kappa shape index (κ3) is 5.24. The molecule has 2 aliphatic carbocycles. The molecule has 1 amide bonds. The highest BCUT2D eigenvalue weighted by molar-refractivity contribution is 5.84. The zero-order valence-corrected chi connectivity index (χ0v) is 22.9. The van der Waals surface area contributed by atoms with Crippen molar-refractivity contribution in [2.24, 2.45) is 16.9 Å². The maximum Gasteiger partial charge on any atom is 0.225 e. The number of aromatic amines is 1. The molecule has 9 heteroatoms. The summed E-state index contributed by atoms with van der Waals surface area (Å²) < 4.78 is 0. The number of hydrazone groups is 1. The number of carbonyl (C=O) groups excluding carboxylic acids is 1. The predicted octanol–water partition coefficient (Wildman–Crippen LogP) is 4.42. The highest BCUT2D eigenvalue weighted by atomic mass is 16.2. The topological polar surface area (TPSA) is 92.8 Å². The Labute approximate surface area is 229 Å². The van der Waals surface area contributed by atoms with Gasteiger partial charge in [0, 0.05) is 69.6 Å². The molecule has 2 saturated carbocycles. The van der Waals surface area contributed by atoms with Crippen molar-refractivity contribution >= 4 is 34.9 Å². The van der Waals surface area contributed by atoms with E-state index in [0.29, 0.717) is 23.7 Å². The summed E-state index contributed by atoms with van der Waals surface area (Å²) in [6.07, 6.45) is 8.80. The first-order chi connectivity index (χ1) is 19.0. The summed E-state index contributed by atoms with van der Waals surface area (Å²) in [7, 11) is 0. The summed E-state index contributed by atoms with van der Waals surface area (Å²) in [6.45, 7) is 9.86. The number of amides is 1. The molecule has 3 fully saturated rings. The van der Waals surface area contributed by atoms with Crippen molar-refractivity contribution in [2.75, 3.05) is 44.6 Å².